The van der Waals surface area contributed by atoms with E-state index in [9.17, 15) is 4.21 Å². The number of aromatic nitrogens is 2. The van der Waals surface area contributed by atoms with Crippen molar-refractivity contribution in [3.8, 4) is 0 Å². The van der Waals surface area contributed by atoms with Crippen LogP contribution < -0.4 is 5.32 Å². The second kappa shape index (κ2) is 4.85. The molecule has 1 aromatic rings. The molecule has 0 saturated carbocycles. The Morgan fingerprint density at radius 2 is 2.20 bits per heavy atom. The van der Waals surface area contributed by atoms with Crippen molar-refractivity contribution in [2.45, 2.75) is 32.4 Å². The Balaban J connectivity index is 1.79. The van der Waals surface area contributed by atoms with E-state index in [1.165, 1.54) is 0 Å². The molecule has 15 heavy (non-hydrogen) atoms. The number of hydrogen-bond donors (Lipinski definition) is 1. The van der Waals surface area contributed by atoms with Crippen LogP contribution in [0.1, 0.15) is 24.2 Å². The normalized spacial score (nSPS) is 26.7. The minimum Gasteiger partial charge on any atom is -0.308 e. The molecule has 6 heteroatoms. The Hall–Kier alpha value is -0.750. The van der Waals surface area contributed by atoms with Gasteiger partial charge < -0.3 is 5.32 Å². The molecule has 0 radical (unpaired) electrons. The molecule has 1 fully saturated rings. The van der Waals surface area contributed by atoms with Gasteiger partial charge in [0.05, 0.1) is 0 Å². The maximum atomic E-state index is 11.1. The van der Waals surface area contributed by atoms with Gasteiger partial charge in [-0.1, -0.05) is 10.3 Å². The molecule has 2 heterocycles. The fourth-order valence-electron chi connectivity index (χ4n) is 1.65. The summed E-state index contributed by atoms with van der Waals surface area (Å²) in [6.07, 6.45) is 1.97. The summed E-state index contributed by atoms with van der Waals surface area (Å²) >= 11 is 0. The van der Waals surface area contributed by atoms with E-state index in [2.05, 4.69) is 20.3 Å². The molecule has 0 aromatic carbocycles. The van der Waals surface area contributed by atoms with Gasteiger partial charge in [-0.2, -0.15) is 0 Å². The molecule has 0 aliphatic carbocycles. The zero-order valence-electron chi connectivity index (χ0n) is 8.73. The van der Waals surface area contributed by atoms with E-state index < -0.39 is 10.8 Å². The molecule has 0 atom stereocenters. The van der Waals surface area contributed by atoms with Gasteiger partial charge in [0.1, 0.15) is 11.4 Å². The van der Waals surface area contributed by atoms with Crippen LogP contribution in [0.15, 0.2) is 4.63 Å². The lowest BCUT2D eigenvalue weighted by Crippen LogP contribution is -2.35. The van der Waals surface area contributed by atoms with Crippen molar-refractivity contribution >= 4 is 10.8 Å². The molecule has 1 aliphatic heterocycles. The maximum Gasteiger partial charge on any atom is 0.121 e. The minimum absolute atomic E-state index is 0.457. The molecule has 0 amide bonds. The molecule has 5 nitrogen and oxygen atoms in total. The molecule has 0 bridgehead atoms. The number of rotatable bonds is 3. The summed E-state index contributed by atoms with van der Waals surface area (Å²) in [5, 5.41) is 10.9. The van der Waals surface area contributed by atoms with Gasteiger partial charge >= 0.3 is 0 Å². The van der Waals surface area contributed by atoms with Crippen molar-refractivity contribution in [2.24, 2.45) is 0 Å². The maximum absolute atomic E-state index is 11.1. The second-order valence-corrected chi connectivity index (χ2v) is 5.50. The first-order valence-corrected chi connectivity index (χ1v) is 6.61. The Morgan fingerprint density at radius 1 is 1.47 bits per heavy atom. The average molecular weight is 229 g/mol. The highest BCUT2D eigenvalue weighted by Gasteiger charge is 2.17. The molecule has 84 valence electrons. The van der Waals surface area contributed by atoms with E-state index >= 15 is 0 Å². The van der Waals surface area contributed by atoms with Crippen LogP contribution >= 0.6 is 0 Å². The van der Waals surface area contributed by atoms with Crippen LogP contribution in [0.4, 0.5) is 0 Å². The Kier molecular flexibility index (Phi) is 3.48. The standard InChI is InChI=1S/C9H15N3O2S/c1-7-9(12-14-11-7)6-10-8-2-4-15(13)5-3-8/h8,10H,2-6H2,1H3. The third-order valence-electron chi connectivity index (χ3n) is 2.69. The lowest BCUT2D eigenvalue weighted by Gasteiger charge is -2.21. The molecule has 1 saturated heterocycles. The second-order valence-electron chi connectivity index (χ2n) is 3.80. The van der Waals surface area contributed by atoms with Crippen LogP contribution in [-0.4, -0.2) is 32.1 Å². The Bertz CT molecular complexity index is 343. The predicted molar refractivity (Wildman–Crippen MR) is 56.8 cm³/mol. The summed E-state index contributed by atoms with van der Waals surface area (Å²) in [7, 11) is -0.592. The van der Waals surface area contributed by atoms with E-state index in [0.717, 1.165) is 35.7 Å². The van der Waals surface area contributed by atoms with Crippen LogP contribution in [0.25, 0.3) is 0 Å². The summed E-state index contributed by atoms with van der Waals surface area (Å²) in [6, 6.07) is 0.457. The molecule has 0 unspecified atom stereocenters. The first kappa shape index (κ1) is 10.8. The average Bonchev–Trinajstić information content (AvgIpc) is 2.63. The number of nitrogens with one attached hydrogen (secondary N) is 1. The van der Waals surface area contributed by atoms with Crippen molar-refractivity contribution in [3.63, 3.8) is 0 Å². The van der Waals surface area contributed by atoms with E-state index in [1.807, 2.05) is 6.92 Å². The molecule has 1 aromatic heterocycles. The van der Waals surface area contributed by atoms with E-state index in [-0.39, 0.29) is 0 Å². The van der Waals surface area contributed by atoms with Crippen molar-refractivity contribution in [3.05, 3.63) is 11.4 Å². The van der Waals surface area contributed by atoms with Crippen LogP contribution in [-0.2, 0) is 17.3 Å². The third-order valence-corrected chi connectivity index (χ3v) is 4.07. The highest BCUT2D eigenvalue weighted by atomic mass is 32.2. The number of nitrogens with zero attached hydrogens (tertiary/aromatic N) is 2. The summed E-state index contributed by atoms with van der Waals surface area (Å²) in [4.78, 5) is 0. The molecule has 1 aliphatic rings. The van der Waals surface area contributed by atoms with Crippen LogP contribution in [0, 0.1) is 6.92 Å². The molecular weight excluding hydrogens is 214 g/mol. The van der Waals surface area contributed by atoms with Gasteiger partial charge in [-0.3, -0.25) is 4.21 Å². The molecule has 2 rings (SSSR count). The van der Waals surface area contributed by atoms with Crippen molar-refractivity contribution < 1.29 is 8.84 Å². The first-order valence-electron chi connectivity index (χ1n) is 5.12. The Morgan fingerprint density at radius 3 is 2.80 bits per heavy atom. The van der Waals surface area contributed by atoms with Crippen LogP contribution in [0.5, 0.6) is 0 Å². The fourth-order valence-corrected chi connectivity index (χ4v) is 2.95. The Labute approximate surface area is 91.0 Å². The molecule has 0 spiro atoms. The largest absolute Gasteiger partial charge is 0.308 e. The van der Waals surface area contributed by atoms with E-state index in [1.54, 1.807) is 0 Å². The van der Waals surface area contributed by atoms with Crippen LogP contribution in [0.2, 0.25) is 0 Å². The van der Waals surface area contributed by atoms with Crippen molar-refractivity contribution in [1.29, 1.82) is 0 Å². The van der Waals surface area contributed by atoms with Crippen molar-refractivity contribution in [1.82, 2.24) is 15.6 Å². The van der Waals surface area contributed by atoms with E-state index in [0.29, 0.717) is 12.6 Å². The molecular formula is C9H15N3O2S. The van der Waals surface area contributed by atoms with Gasteiger partial charge in [0.2, 0.25) is 0 Å². The van der Waals surface area contributed by atoms with Crippen LogP contribution in [0.3, 0.4) is 0 Å². The summed E-state index contributed by atoms with van der Waals surface area (Å²) < 4.78 is 15.8. The summed E-state index contributed by atoms with van der Waals surface area (Å²) in [6.45, 7) is 2.57. The lowest BCUT2D eigenvalue weighted by atomic mass is 10.1. The zero-order chi connectivity index (χ0) is 10.7. The SMILES string of the molecule is Cc1nonc1CNC1CCS(=O)CC1. The van der Waals surface area contributed by atoms with Gasteiger partial charge in [-0.05, 0) is 19.8 Å². The monoisotopic (exact) mass is 229 g/mol. The van der Waals surface area contributed by atoms with E-state index in [4.69, 9.17) is 0 Å². The first-order chi connectivity index (χ1) is 7.25. The third kappa shape index (κ3) is 2.85. The summed E-state index contributed by atoms with van der Waals surface area (Å²) in [5.74, 6) is 1.63. The minimum atomic E-state index is -0.592. The quantitative estimate of drug-likeness (QED) is 0.811. The predicted octanol–water partition coefficient (Wildman–Crippen LogP) is 0.379. The van der Waals surface area contributed by atoms with Gasteiger partial charge in [-0.25, -0.2) is 4.63 Å². The van der Waals surface area contributed by atoms with Gasteiger partial charge in [-0.15, -0.1) is 0 Å². The summed E-state index contributed by atoms with van der Waals surface area (Å²) in [5.41, 5.74) is 1.70. The lowest BCUT2D eigenvalue weighted by molar-refractivity contribution is 0.299. The topological polar surface area (TPSA) is 68.0 Å². The smallest absolute Gasteiger partial charge is 0.121 e. The highest BCUT2D eigenvalue weighted by molar-refractivity contribution is 7.85. The van der Waals surface area contributed by atoms with Gasteiger partial charge in [0.25, 0.3) is 0 Å². The highest BCUT2D eigenvalue weighted by Crippen LogP contribution is 2.10. The van der Waals surface area contributed by atoms with Gasteiger partial charge in [0.15, 0.2) is 0 Å². The van der Waals surface area contributed by atoms with Crippen molar-refractivity contribution in [2.75, 3.05) is 11.5 Å². The fraction of sp³-hybridized carbons (Fsp3) is 0.778. The number of hydrogen-bond acceptors (Lipinski definition) is 5. The zero-order valence-corrected chi connectivity index (χ0v) is 9.55. The molecule has 1 N–H and O–H groups in total. The van der Waals surface area contributed by atoms with Gasteiger partial charge in [0, 0.05) is 34.9 Å². The number of aryl methyl sites for hydroxylation is 1.